The molecule has 1 N–H and O–H groups in total. The van der Waals surface area contributed by atoms with Crippen LogP contribution in [0.15, 0.2) is 96.2 Å². The second kappa shape index (κ2) is 11.6. The minimum Gasteiger partial charge on any atom is -0.466 e. The lowest BCUT2D eigenvalue weighted by atomic mass is 9.66. The summed E-state index contributed by atoms with van der Waals surface area (Å²) in [5.41, 5.74) is 3.58. The summed E-state index contributed by atoms with van der Waals surface area (Å²) in [4.78, 5) is 28.2. The van der Waals surface area contributed by atoms with Crippen LogP contribution < -0.4 is 15.9 Å². The number of ether oxygens (including phenoxy) is 2. The van der Waals surface area contributed by atoms with Crippen LogP contribution >= 0.6 is 7.14 Å². The molecule has 4 aliphatic rings. The lowest BCUT2D eigenvalue weighted by molar-refractivity contribution is -0.152. The number of hydrogen-bond acceptors (Lipinski definition) is 7. The first-order valence-corrected chi connectivity index (χ1v) is 17.1. The Morgan fingerprint density at radius 2 is 1.60 bits per heavy atom. The van der Waals surface area contributed by atoms with E-state index in [0.29, 0.717) is 18.5 Å². The standard InChI is InChI=1S/C37H36N2O5P/c1-24(28-17-12-20-33(28)45(42,26-13-6-4-7-14-26)27-15-8-5-9-16-27)39-22-21-37-30-18-10-11-19-31(30)38-34(37)29(36(41)43-3)23-32(35(37)39)44-25(2)40/h4-20,24,32,35,38H,21-23H2,1-3H3/t24-,32+,35-,37-/m0/s1. The predicted molar refractivity (Wildman–Crippen MR) is 175 cm³/mol. The first kappa shape index (κ1) is 30.0. The number of rotatable bonds is 7. The van der Waals surface area contributed by atoms with E-state index in [2.05, 4.69) is 29.6 Å². The molecule has 4 atom stereocenters. The molecule has 45 heavy (non-hydrogen) atoms. The zero-order chi connectivity index (χ0) is 31.3. The monoisotopic (exact) mass is 619 g/mol. The van der Waals surface area contributed by atoms with Crippen molar-refractivity contribution in [2.24, 2.45) is 0 Å². The van der Waals surface area contributed by atoms with E-state index < -0.39 is 30.6 Å². The van der Waals surface area contributed by atoms with E-state index in [1.807, 2.05) is 91.7 Å². The van der Waals surface area contributed by atoms with Crippen molar-refractivity contribution in [1.82, 2.24) is 4.90 Å². The number of hydrogen-bond donors (Lipinski definition) is 1. The van der Waals surface area contributed by atoms with E-state index in [0.717, 1.165) is 39.1 Å². The maximum Gasteiger partial charge on any atom is 0.335 e. The second-order valence-electron chi connectivity index (χ2n) is 12.1. The van der Waals surface area contributed by atoms with E-state index in [9.17, 15) is 9.59 Å². The molecule has 3 aromatic carbocycles. The average Bonchev–Trinajstić information content (AvgIpc) is 3.80. The summed E-state index contributed by atoms with van der Waals surface area (Å²) in [6.45, 7) is 4.25. The van der Waals surface area contributed by atoms with Crippen LogP contribution in [0.2, 0.25) is 0 Å². The molecule has 5 radical (unpaired) electrons. The maximum atomic E-state index is 15.5. The lowest BCUT2D eigenvalue weighted by Gasteiger charge is -2.47. The fourth-order valence-electron chi connectivity index (χ4n) is 8.10. The van der Waals surface area contributed by atoms with Crippen molar-refractivity contribution in [3.63, 3.8) is 0 Å². The molecule has 7 nitrogen and oxygen atoms in total. The molecule has 229 valence electrons. The van der Waals surface area contributed by atoms with E-state index >= 15 is 4.57 Å². The number of likely N-dealkylation sites (tertiary alicyclic amines) is 1. The molecule has 1 saturated heterocycles. The van der Waals surface area contributed by atoms with Crippen LogP contribution in [0.1, 0.15) is 32.3 Å². The van der Waals surface area contributed by atoms with Gasteiger partial charge in [0.1, 0.15) is 6.10 Å². The summed E-state index contributed by atoms with van der Waals surface area (Å²) < 4.78 is 26.8. The van der Waals surface area contributed by atoms with Crippen molar-refractivity contribution >= 4 is 35.4 Å². The van der Waals surface area contributed by atoms with Crippen LogP contribution in [0.5, 0.6) is 0 Å². The summed E-state index contributed by atoms with van der Waals surface area (Å²) in [6.07, 6.45) is 6.42. The Hall–Kier alpha value is -3.67. The van der Waals surface area contributed by atoms with Crippen LogP contribution in [0, 0.1) is 30.8 Å². The third-order valence-corrected chi connectivity index (χ3v) is 13.0. The minimum atomic E-state index is -3.23. The molecule has 0 amide bonds. The van der Waals surface area contributed by atoms with Gasteiger partial charge in [0.15, 0.2) is 7.14 Å². The topological polar surface area (TPSA) is 84.9 Å². The van der Waals surface area contributed by atoms with Gasteiger partial charge in [-0.3, -0.25) is 9.69 Å². The molecular formula is C37H36N2O5P. The van der Waals surface area contributed by atoms with Crippen molar-refractivity contribution in [1.29, 1.82) is 0 Å². The van der Waals surface area contributed by atoms with Crippen molar-refractivity contribution < 1.29 is 23.6 Å². The van der Waals surface area contributed by atoms with Crippen LogP contribution in [0.3, 0.4) is 0 Å². The van der Waals surface area contributed by atoms with E-state index in [1.54, 1.807) is 0 Å². The molecule has 1 spiro atoms. The highest BCUT2D eigenvalue weighted by Gasteiger charge is 2.64. The van der Waals surface area contributed by atoms with Crippen LogP contribution in [-0.2, 0) is 29.0 Å². The quantitative estimate of drug-likeness (QED) is 0.283. The van der Waals surface area contributed by atoms with Gasteiger partial charge in [-0.15, -0.1) is 0 Å². The number of benzene rings is 3. The summed E-state index contributed by atoms with van der Waals surface area (Å²) in [6, 6.07) is 27.1. The van der Waals surface area contributed by atoms with Gasteiger partial charge in [0.2, 0.25) is 0 Å². The van der Waals surface area contributed by atoms with Crippen LogP contribution in [-0.4, -0.2) is 48.7 Å². The largest absolute Gasteiger partial charge is 0.466 e. The number of para-hydroxylation sites is 1. The number of nitrogens with one attached hydrogen (secondary N) is 1. The van der Waals surface area contributed by atoms with E-state index in [-0.39, 0.29) is 18.5 Å². The summed E-state index contributed by atoms with van der Waals surface area (Å²) in [5.74, 6) is 0.165. The van der Waals surface area contributed by atoms with Crippen LogP contribution in [0.25, 0.3) is 0 Å². The Bertz CT molecular complexity index is 1650. The molecule has 8 heteroatoms. The molecule has 2 aliphatic heterocycles. The molecular weight excluding hydrogens is 583 g/mol. The molecule has 2 fully saturated rings. The summed E-state index contributed by atoms with van der Waals surface area (Å²) >= 11 is 0. The number of anilines is 1. The molecule has 0 bridgehead atoms. The molecule has 0 aromatic heterocycles. The van der Waals surface area contributed by atoms with E-state index in [4.69, 9.17) is 9.47 Å². The summed E-state index contributed by atoms with van der Waals surface area (Å²) in [7, 11) is -1.85. The molecule has 1 saturated carbocycles. The van der Waals surface area contributed by atoms with Crippen LogP contribution in [0.4, 0.5) is 5.69 Å². The lowest BCUT2D eigenvalue weighted by Crippen LogP contribution is -2.58. The van der Waals surface area contributed by atoms with Gasteiger partial charge >= 0.3 is 11.9 Å². The van der Waals surface area contributed by atoms with Gasteiger partial charge in [-0.2, -0.15) is 0 Å². The summed E-state index contributed by atoms with van der Waals surface area (Å²) in [5, 5.41) is 5.14. The smallest absolute Gasteiger partial charge is 0.335 e. The highest BCUT2D eigenvalue weighted by molar-refractivity contribution is 7.81. The Kier molecular flexibility index (Phi) is 7.74. The van der Waals surface area contributed by atoms with Crippen molar-refractivity contribution in [3.05, 3.63) is 133 Å². The SMILES string of the molecule is COC(=O)C1=C2Nc3ccccc3[C@@]23CCN([C@@H](C)[C]2[CH][CH][CH][C]2P(=O)(c2ccccc2)c2ccccc2)[C@H]3[C@H](OC(C)=O)C1. The highest BCUT2D eigenvalue weighted by Crippen LogP contribution is 2.65. The first-order chi connectivity index (χ1) is 21.8. The number of fused-ring (bicyclic) bond motifs is 1. The fraction of sp³-hybridized carbons (Fsp3) is 0.270. The van der Waals surface area contributed by atoms with Crippen molar-refractivity contribution in [2.75, 3.05) is 19.0 Å². The predicted octanol–water partition coefficient (Wildman–Crippen LogP) is 5.32. The van der Waals surface area contributed by atoms with Gasteiger partial charge in [0.25, 0.3) is 0 Å². The van der Waals surface area contributed by atoms with Gasteiger partial charge in [0, 0.05) is 53.8 Å². The molecule has 7 rings (SSSR count). The normalized spacial score (nSPS) is 25.7. The molecule has 2 aliphatic carbocycles. The molecule has 0 unspecified atom stereocenters. The zero-order valence-corrected chi connectivity index (χ0v) is 26.5. The zero-order valence-electron chi connectivity index (χ0n) is 25.6. The number of carbonyl (C=O) groups is 2. The first-order valence-electron chi connectivity index (χ1n) is 15.4. The van der Waals surface area contributed by atoms with Gasteiger partial charge in [-0.1, -0.05) is 78.9 Å². The van der Waals surface area contributed by atoms with Gasteiger partial charge in [0.05, 0.1) is 29.8 Å². The van der Waals surface area contributed by atoms with Crippen molar-refractivity contribution in [3.8, 4) is 0 Å². The number of esters is 2. The maximum absolute atomic E-state index is 15.5. The number of nitrogens with zero attached hydrogens (tertiary/aromatic N) is 1. The molecule has 3 aromatic rings. The Balaban J connectivity index is 1.33. The van der Waals surface area contributed by atoms with E-state index in [1.165, 1.54) is 14.0 Å². The Labute approximate surface area is 265 Å². The van der Waals surface area contributed by atoms with Gasteiger partial charge < -0.3 is 19.4 Å². The fourth-order valence-corrected chi connectivity index (χ4v) is 11.1. The second-order valence-corrected chi connectivity index (χ2v) is 14.8. The Morgan fingerprint density at radius 1 is 0.956 bits per heavy atom. The third kappa shape index (κ3) is 4.61. The van der Waals surface area contributed by atoms with Crippen molar-refractivity contribution in [2.45, 2.75) is 50.3 Å². The van der Waals surface area contributed by atoms with Gasteiger partial charge in [-0.25, -0.2) is 4.79 Å². The highest BCUT2D eigenvalue weighted by atomic mass is 31.2. The third-order valence-electron chi connectivity index (χ3n) is 9.90. The number of methoxy groups -OCH3 is 1. The minimum absolute atomic E-state index is 0.174. The number of carbonyl (C=O) groups excluding carboxylic acids is 2. The van der Waals surface area contributed by atoms with Gasteiger partial charge in [-0.05, 0) is 44.2 Å². The average molecular weight is 620 g/mol. The Morgan fingerprint density at radius 3 is 2.24 bits per heavy atom. The molecule has 2 heterocycles.